The van der Waals surface area contributed by atoms with E-state index in [9.17, 15) is 4.79 Å². The number of piperidine rings is 1. The highest BCUT2D eigenvalue weighted by molar-refractivity contribution is 5.78. The maximum atomic E-state index is 12.2. The molecule has 0 unspecified atom stereocenters. The number of carbonyl (C=O) groups is 1. The number of carbonyl (C=O) groups excluding carboxylic acids is 1. The number of aromatic nitrogens is 1. The summed E-state index contributed by atoms with van der Waals surface area (Å²) in [6.07, 6.45) is 7.78. The molecule has 0 spiro atoms. The summed E-state index contributed by atoms with van der Waals surface area (Å²) < 4.78 is 1.98. The lowest BCUT2D eigenvalue weighted by Crippen LogP contribution is -2.48. The number of rotatable bonds is 6. The highest BCUT2D eigenvalue weighted by Gasteiger charge is 2.21. The molecule has 1 atom stereocenters. The monoisotopic (exact) mass is 325 g/mol. The van der Waals surface area contributed by atoms with Crippen LogP contribution in [0.2, 0.25) is 0 Å². The Morgan fingerprint density at radius 1 is 1.21 bits per heavy atom. The van der Waals surface area contributed by atoms with Gasteiger partial charge in [0.2, 0.25) is 5.91 Å². The zero-order chi connectivity index (χ0) is 16.8. The van der Waals surface area contributed by atoms with Gasteiger partial charge in [0.1, 0.15) is 0 Å². The lowest BCUT2D eigenvalue weighted by atomic mass is 10.0. The SMILES string of the molecule is Cn1ccc(CC(=O)N[C@@H]2CCCN(CCc3ccccc3)C2)c1. The summed E-state index contributed by atoms with van der Waals surface area (Å²) in [5.74, 6) is 0.135. The van der Waals surface area contributed by atoms with Crippen LogP contribution in [0.1, 0.15) is 24.0 Å². The summed E-state index contributed by atoms with van der Waals surface area (Å²) in [5.41, 5.74) is 2.46. The minimum absolute atomic E-state index is 0.135. The second kappa shape index (κ2) is 8.15. The van der Waals surface area contributed by atoms with Crippen LogP contribution in [0.5, 0.6) is 0 Å². The van der Waals surface area contributed by atoms with Crippen LogP contribution in [0.3, 0.4) is 0 Å². The molecule has 1 fully saturated rings. The normalized spacial score (nSPS) is 18.5. The first-order valence-corrected chi connectivity index (χ1v) is 8.85. The Morgan fingerprint density at radius 3 is 2.79 bits per heavy atom. The maximum absolute atomic E-state index is 12.2. The summed E-state index contributed by atoms with van der Waals surface area (Å²) in [5, 5.41) is 3.21. The smallest absolute Gasteiger partial charge is 0.224 e. The Balaban J connectivity index is 1.44. The van der Waals surface area contributed by atoms with E-state index in [4.69, 9.17) is 0 Å². The van der Waals surface area contributed by atoms with Crippen LogP contribution in [0.15, 0.2) is 48.8 Å². The van der Waals surface area contributed by atoms with E-state index in [0.29, 0.717) is 6.42 Å². The Bertz CT molecular complexity index is 650. The van der Waals surface area contributed by atoms with Crippen molar-refractivity contribution in [3.63, 3.8) is 0 Å². The summed E-state index contributed by atoms with van der Waals surface area (Å²) in [4.78, 5) is 14.7. The van der Waals surface area contributed by atoms with Crippen LogP contribution in [0.25, 0.3) is 0 Å². The number of likely N-dealkylation sites (tertiary alicyclic amines) is 1. The molecule has 0 aliphatic carbocycles. The molecule has 1 N–H and O–H groups in total. The fourth-order valence-corrected chi connectivity index (χ4v) is 3.44. The average molecular weight is 325 g/mol. The van der Waals surface area contributed by atoms with Gasteiger partial charge in [-0.3, -0.25) is 4.79 Å². The summed E-state index contributed by atoms with van der Waals surface area (Å²) in [6, 6.07) is 12.9. The summed E-state index contributed by atoms with van der Waals surface area (Å²) in [7, 11) is 1.98. The van der Waals surface area contributed by atoms with Crippen LogP contribution in [0.4, 0.5) is 0 Å². The van der Waals surface area contributed by atoms with Gasteiger partial charge in [0, 0.05) is 38.6 Å². The van der Waals surface area contributed by atoms with Crippen molar-refractivity contribution in [2.75, 3.05) is 19.6 Å². The minimum atomic E-state index is 0.135. The number of nitrogens with one attached hydrogen (secondary N) is 1. The maximum Gasteiger partial charge on any atom is 0.224 e. The van der Waals surface area contributed by atoms with E-state index in [1.165, 1.54) is 5.56 Å². The molecule has 128 valence electrons. The lowest BCUT2D eigenvalue weighted by molar-refractivity contribution is -0.121. The minimum Gasteiger partial charge on any atom is -0.357 e. The fourth-order valence-electron chi connectivity index (χ4n) is 3.44. The second-order valence-electron chi connectivity index (χ2n) is 6.80. The van der Waals surface area contributed by atoms with Crippen molar-refractivity contribution in [1.29, 1.82) is 0 Å². The first-order valence-electron chi connectivity index (χ1n) is 8.85. The molecule has 4 heteroatoms. The van der Waals surface area contributed by atoms with E-state index in [-0.39, 0.29) is 11.9 Å². The molecule has 4 nitrogen and oxygen atoms in total. The van der Waals surface area contributed by atoms with Crippen LogP contribution in [-0.4, -0.2) is 41.1 Å². The van der Waals surface area contributed by atoms with Crippen LogP contribution >= 0.6 is 0 Å². The number of amides is 1. The van der Waals surface area contributed by atoms with E-state index in [0.717, 1.165) is 44.5 Å². The van der Waals surface area contributed by atoms with E-state index >= 15 is 0 Å². The van der Waals surface area contributed by atoms with Gasteiger partial charge in [0.15, 0.2) is 0 Å². The Morgan fingerprint density at radius 2 is 2.04 bits per heavy atom. The predicted molar refractivity (Wildman–Crippen MR) is 96.9 cm³/mol. The Labute approximate surface area is 144 Å². The number of hydrogen-bond donors (Lipinski definition) is 1. The standard InChI is InChI=1S/C20H27N3O/c1-22-12-9-18(15-22)14-20(24)21-19-8-5-11-23(16-19)13-10-17-6-3-2-4-7-17/h2-4,6-7,9,12,15,19H,5,8,10-11,13-14,16H2,1H3,(H,21,24)/t19-/m1/s1. The second-order valence-corrected chi connectivity index (χ2v) is 6.80. The van der Waals surface area contributed by atoms with Gasteiger partial charge in [-0.05, 0) is 43.0 Å². The third-order valence-corrected chi connectivity index (χ3v) is 4.69. The third-order valence-electron chi connectivity index (χ3n) is 4.69. The predicted octanol–water partition coefficient (Wildman–Crippen LogP) is 2.39. The van der Waals surface area contributed by atoms with Gasteiger partial charge in [-0.2, -0.15) is 0 Å². The highest BCUT2D eigenvalue weighted by Crippen LogP contribution is 2.12. The molecule has 1 amide bonds. The molecule has 1 aromatic heterocycles. The van der Waals surface area contributed by atoms with E-state index in [1.807, 2.05) is 30.1 Å². The first-order chi connectivity index (χ1) is 11.7. The first kappa shape index (κ1) is 16.8. The molecular formula is C20H27N3O. The van der Waals surface area contributed by atoms with Crippen molar-refractivity contribution in [3.05, 3.63) is 59.9 Å². The van der Waals surface area contributed by atoms with Crippen molar-refractivity contribution in [3.8, 4) is 0 Å². The van der Waals surface area contributed by atoms with Gasteiger partial charge < -0.3 is 14.8 Å². The van der Waals surface area contributed by atoms with Gasteiger partial charge in [0.25, 0.3) is 0 Å². The largest absolute Gasteiger partial charge is 0.357 e. The molecule has 0 saturated carbocycles. The van der Waals surface area contributed by atoms with Crippen molar-refractivity contribution in [2.45, 2.75) is 31.7 Å². The van der Waals surface area contributed by atoms with E-state index in [1.54, 1.807) is 0 Å². The lowest BCUT2D eigenvalue weighted by Gasteiger charge is -2.33. The van der Waals surface area contributed by atoms with Crippen molar-refractivity contribution in [2.24, 2.45) is 7.05 Å². The molecular weight excluding hydrogens is 298 g/mol. The molecule has 2 heterocycles. The highest BCUT2D eigenvalue weighted by atomic mass is 16.1. The average Bonchev–Trinajstić information content (AvgIpc) is 2.99. The molecule has 0 bridgehead atoms. The van der Waals surface area contributed by atoms with Crippen molar-refractivity contribution >= 4 is 5.91 Å². The molecule has 1 aliphatic heterocycles. The summed E-state index contributed by atoms with van der Waals surface area (Å²) >= 11 is 0. The van der Waals surface area contributed by atoms with Gasteiger partial charge in [-0.1, -0.05) is 30.3 Å². The van der Waals surface area contributed by atoms with E-state index in [2.05, 4.69) is 40.5 Å². The molecule has 1 aromatic carbocycles. The molecule has 1 saturated heterocycles. The van der Waals surface area contributed by atoms with Gasteiger partial charge in [0.05, 0.1) is 6.42 Å². The Hall–Kier alpha value is -2.07. The van der Waals surface area contributed by atoms with Gasteiger partial charge in [-0.25, -0.2) is 0 Å². The topological polar surface area (TPSA) is 37.3 Å². The molecule has 24 heavy (non-hydrogen) atoms. The zero-order valence-electron chi connectivity index (χ0n) is 14.4. The number of nitrogens with zero attached hydrogens (tertiary/aromatic N) is 2. The van der Waals surface area contributed by atoms with Crippen LogP contribution < -0.4 is 5.32 Å². The van der Waals surface area contributed by atoms with Crippen LogP contribution in [0, 0.1) is 0 Å². The van der Waals surface area contributed by atoms with E-state index < -0.39 is 0 Å². The van der Waals surface area contributed by atoms with Crippen molar-refractivity contribution < 1.29 is 4.79 Å². The zero-order valence-corrected chi connectivity index (χ0v) is 14.4. The number of benzene rings is 1. The molecule has 2 aromatic rings. The van der Waals surface area contributed by atoms with Gasteiger partial charge in [-0.15, -0.1) is 0 Å². The van der Waals surface area contributed by atoms with Crippen LogP contribution in [-0.2, 0) is 24.7 Å². The molecule has 0 radical (unpaired) electrons. The number of aryl methyl sites for hydroxylation is 1. The fraction of sp³-hybridized carbons (Fsp3) is 0.450. The molecule has 3 rings (SSSR count). The number of hydrogen-bond acceptors (Lipinski definition) is 2. The molecule has 1 aliphatic rings. The van der Waals surface area contributed by atoms with Crippen molar-refractivity contribution in [1.82, 2.24) is 14.8 Å². The Kier molecular flexibility index (Phi) is 5.70. The third kappa shape index (κ3) is 4.96. The quantitative estimate of drug-likeness (QED) is 0.885. The summed E-state index contributed by atoms with van der Waals surface area (Å²) in [6.45, 7) is 3.17. The van der Waals surface area contributed by atoms with Gasteiger partial charge >= 0.3 is 0 Å².